The van der Waals surface area contributed by atoms with E-state index >= 15 is 0 Å². The van der Waals surface area contributed by atoms with Gasteiger partial charge in [0.15, 0.2) is 5.60 Å². The molecule has 2 fully saturated rings. The summed E-state index contributed by atoms with van der Waals surface area (Å²) in [7, 11) is 0. The summed E-state index contributed by atoms with van der Waals surface area (Å²) in [5.74, 6) is -1.28. The van der Waals surface area contributed by atoms with E-state index in [-0.39, 0.29) is 5.97 Å². The first-order valence-electron chi connectivity index (χ1n) is 7.74. The first-order valence-corrected chi connectivity index (χ1v) is 8.53. The van der Waals surface area contributed by atoms with Crippen molar-refractivity contribution in [2.75, 3.05) is 0 Å². The summed E-state index contributed by atoms with van der Waals surface area (Å²) in [6.45, 7) is 5.56. The molecule has 1 aromatic carbocycles. The van der Waals surface area contributed by atoms with E-state index in [2.05, 4.69) is 26.8 Å². The molecule has 2 amide bonds. The lowest BCUT2D eigenvalue weighted by Crippen LogP contribution is -2.57. The summed E-state index contributed by atoms with van der Waals surface area (Å²) >= 11 is 3.30. The summed E-state index contributed by atoms with van der Waals surface area (Å²) in [6.07, 6.45) is 1.04. The van der Waals surface area contributed by atoms with Gasteiger partial charge in [0.05, 0.1) is 5.41 Å². The number of ether oxygens (including phenoxy) is 1. The van der Waals surface area contributed by atoms with Crippen LogP contribution in [0.1, 0.15) is 44.0 Å². The van der Waals surface area contributed by atoms with Gasteiger partial charge in [-0.15, -0.1) is 0 Å². The fourth-order valence-electron chi connectivity index (χ4n) is 3.64. The minimum absolute atomic E-state index is 0.354. The Labute approximate surface area is 148 Å². The molecule has 0 unspecified atom stereocenters. The van der Waals surface area contributed by atoms with Crippen molar-refractivity contribution in [2.45, 2.75) is 39.2 Å². The first kappa shape index (κ1) is 17.0. The highest BCUT2D eigenvalue weighted by Gasteiger charge is 2.75. The van der Waals surface area contributed by atoms with Gasteiger partial charge in [0.2, 0.25) is 0 Å². The Morgan fingerprint density at radius 3 is 2.21 bits per heavy atom. The van der Waals surface area contributed by atoms with Gasteiger partial charge in [-0.1, -0.05) is 29.8 Å². The van der Waals surface area contributed by atoms with Gasteiger partial charge in [-0.2, -0.15) is 0 Å². The maximum Gasteiger partial charge on any atom is 0.313 e. The molecule has 1 saturated carbocycles. The molecule has 1 aliphatic carbocycles. The Morgan fingerprint density at radius 2 is 1.71 bits per heavy atom. The lowest BCUT2D eigenvalue weighted by atomic mass is 9.66. The number of carbonyl (C=O) groups is 3. The molecular formula is C17H19BrN2O4. The molecule has 0 radical (unpaired) electrons. The van der Waals surface area contributed by atoms with Crippen molar-refractivity contribution in [2.24, 2.45) is 10.8 Å². The molecule has 2 N–H and O–H groups in total. The molecular weight excluding hydrogens is 376 g/mol. The molecule has 2 atom stereocenters. The van der Waals surface area contributed by atoms with Crippen molar-refractivity contribution in [1.82, 2.24) is 10.9 Å². The molecule has 6 nitrogen and oxygen atoms in total. The van der Waals surface area contributed by atoms with Crippen molar-refractivity contribution in [3.05, 3.63) is 34.3 Å². The third-order valence-electron chi connectivity index (χ3n) is 5.85. The summed E-state index contributed by atoms with van der Waals surface area (Å²) in [6, 6.07) is 6.74. The minimum Gasteiger partial charge on any atom is -0.448 e. The Morgan fingerprint density at radius 1 is 1.08 bits per heavy atom. The number of nitrogens with one attached hydrogen (secondary N) is 2. The van der Waals surface area contributed by atoms with Crippen molar-refractivity contribution in [3.8, 4) is 0 Å². The van der Waals surface area contributed by atoms with Crippen LogP contribution in [0.25, 0.3) is 0 Å². The second-order valence-corrected chi connectivity index (χ2v) is 8.00. The number of esters is 1. The molecule has 24 heavy (non-hydrogen) atoms. The van der Waals surface area contributed by atoms with Crippen LogP contribution in [0.4, 0.5) is 0 Å². The van der Waals surface area contributed by atoms with E-state index in [4.69, 9.17) is 4.74 Å². The maximum atomic E-state index is 12.7. The van der Waals surface area contributed by atoms with Gasteiger partial charge in [0, 0.05) is 15.5 Å². The smallest absolute Gasteiger partial charge is 0.313 e. The highest BCUT2D eigenvalue weighted by molar-refractivity contribution is 9.10. The first-order chi connectivity index (χ1) is 11.1. The number of amides is 2. The number of halogens is 1. The molecule has 128 valence electrons. The SMILES string of the molecule is CC1(C)[C@@]2(C(=O)NNC(=O)c3ccc(Br)cc3)CC[C@]1(C)C(=O)O2. The van der Waals surface area contributed by atoms with Crippen LogP contribution in [0.2, 0.25) is 0 Å². The number of carbonyl (C=O) groups excluding carboxylic acids is 3. The van der Waals surface area contributed by atoms with Crippen LogP contribution in [-0.2, 0) is 14.3 Å². The highest BCUT2D eigenvalue weighted by Crippen LogP contribution is 2.65. The second kappa shape index (κ2) is 5.31. The molecule has 0 aromatic heterocycles. The Balaban J connectivity index is 1.73. The largest absolute Gasteiger partial charge is 0.448 e. The number of rotatable bonds is 2. The summed E-state index contributed by atoms with van der Waals surface area (Å²) in [5.41, 5.74) is 2.65. The van der Waals surface area contributed by atoms with Crippen molar-refractivity contribution < 1.29 is 19.1 Å². The minimum atomic E-state index is -1.24. The van der Waals surface area contributed by atoms with Crippen molar-refractivity contribution in [1.29, 1.82) is 0 Å². The van der Waals surface area contributed by atoms with Crippen LogP contribution in [0.3, 0.4) is 0 Å². The highest BCUT2D eigenvalue weighted by atomic mass is 79.9. The number of fused-ring (bicyclic) bond motifs is 2. The molecule has 1 aliphatic heterocycles. The molecule has 3 rings (SSSR count). The second-order valence-electron chi connectivity index (χ2n) is 7.09. The summed E-state index contributed by atoms with van der Waals surface area (Å²) < 4.78 is 6.33. The van der Waals surface area contributed by atoms with Gasteiger partial charge >= 0.3 is 5.97 Å². The fourth-order valence-corrected chi connectivity index (χ4v) is 3.90. The zero-order valence-corrected chi connectivity index (χ0v) is 15.3. The average Bonchev–Trinajstić information content (AvgIpc) is 2.83. The molecule has 0 spiro atoms. The van der Waals surface area contributed by atoms with Crippen LogP contribution >= 0.6 is 15.9 Å². The quantitative estimate of drug-likeness (QED) is 0.595. The monoisotopic (exact) mass is 394 g/mol. The average molecular weight is 395 g/mol. The number of hydrogen-bond acceptors (Lipinski definition) is 4. The number of benzene rings is 1. The van der Waals surface area contributed by atoms with Crippen LogP contribution in [0.15, 0.2) is 28.7 Å². The Bertz CT molecular complexity index is 731. The zero-order chi connectivity index (χ0) is 17.8. The van der Waals surface area contributed by atoms with Crippen LogP contribution in [-0.4, -0.2) is 23.4 Å². The van der Waals surface area contributed by atoms with E-state index in [9.17, 15) is 14.4 Å². The third kappa shape index (κ3) is 2.10. The molecule has 2 bridgehead atoms. The van der Waals surface area contributed by atoms with E-state index in [1.165, 1.54) is 0 Å². The number of hydrazine groups is 1. The Hall–Kier alpha value is -1.89. The molecule has 1 heterocycles. The van der Waals surface area contributed by atoms with Crippen molar-refractivity contribution >= 4 is 33.7 Å². The maximum absolute atomic E-state index is 12.7. The summed E-state index contributed by atoms with van der Waals surface area (Å²) in [5, 5.41) is 0. The van der Waals surface area contributed by atoms with Crippen molar-refractivity contribution in [3.63, 3.8) is 0 Å². The van der Waals surface area contributed by atoms with E-state index < -0.39 is 28.2 Å². The normalized spacial score (nSPS) is 29.9. The molecule has 1 aromatic rings. The fraction of sp³-hybridized carbons (Fsp3) is 0.471. The molecule has 7 heteroatoms. The van der Waals surface area contributed by atoms with Gasteiger partial charge in [-0.3, -0.25) is 25.2 Å². The standard InChI is InChI=1S/C17H19BrN2O4/c1-15(2)16(3)8-9-17(15,24-14(16)23)13(22)20-19-12(21)10-4-6-11(18)7-5-10/h4-7H,8-9H2,1-3H3,(H,19,21)(H,20,22)/t16-,17+/m1/s1. The van der Waals surface area contributed by atoms with Gasteiger partial charge < -0.3 is 4.74 Å². The lowest BCUT2D eigenvalue weighted by Gasteiger charge is -2.35. The van der Waals surface area contributed by atoms with E-state index in [1.54, 1.807) is 24.3 Å². The Kier molecular flexibility index (Phi) is 3.75. The van der Waals surface area contributed by atoms with E-state index in [1.807, 2.05) is 20.8 Å². The molecule has 2 aliphatic rings. The predicted octanol–water partition coefficient (Wildman–Crippen LogP) is 2.33. The predicted molar refractivity (Wildman–Crippen MR) is 89.7 cm³/mol. The van der Waals surface area contributed by atoms with Crippen LogP contribution in [0, 0.1) is 10.8 Å². The van der Waals surface area contributed by atoms with E-state index in [0.29, 0.717) is 18.4 Å². The van der Waals surface area contributed by atoms with Gasteiger partial charge in [-0.25, -0.2) is 0 Å². The van der Waals surface area contributed by atoms with Gasteiger partial charge in [0.25, 0.3) is 11.8 Å². The number of hydrogen-bond donors (Lipinski definition) is 2. The summed E-state index contributed by atoms with van der Waals surface area (Å²) in [4.78, 5) is 37.0. The molecule has 1 saturated heterocycles. The van der Waals surface area contributed by atoms with Crippen LogP contribution in [0.5, 0.6) is 0 Å². The van der Waals surface area contributed by atoms with E-state index in [0.717, 1.165) is 4.47 Å². The zero-order valence-electron chi connectivity index (χ0n) is 13.7. The van der Waals surface area contributed by atoms with Gasteiger partial charge in [-0.05, 0) is 44.0 Å². The van der Waals surface area contributed by atoms with Crippen LogP contribution < -0.4 is 10.9 Å². The van der Waals surface area contributed by atoms with Gasteiger partial charge in [0.1, 0.15) is 0 Å². The third-order valence-corrected chi connectivity index (χ3v) is 6.37. The topological polar surface area (TPSA) is 84.5 Å². The lowest BCUT2D eigenvalue weighted by molar-refractivity contribution is -0.168.